The van der Waals surface area contributed by atoms with Gasteiger partial charge in [-0.2, -0.15) is 5.01 Å². The van der Waals surface area contributed by atoms with Crippen LogP contribution in [0.25, 0.3) is 0 Å². The Bertz CT molecular complexity index is 824. The van der Waals surface area contributed by atoms with Gasteiger partial charge in [0.25, 0.3) is 0 Å². The van der Waals surface area contributed by atoms with Crippen LogP contribution in [0.4, 0.5) is 4.39 Å². The van der Waals surface area contributed by atoms with Crippen molar-refractivity contribution in [3.8, 4) is 0 Å². The summed E-state index contributed by atoms with van der Waals surface area (Å²) in [7, 11) is 0. The maximum Gasteiger partial charge on any atom is 0.175 e. The topological polar surface area (TPSA) is 39.7 Å². The first-order valence-corrected chi connectivity index (χ1v) is 8.89. The van der Waals surface area contributed by atoms with Crippen molar-refractivity contribution in [2.75, 3.05) is 0 Å². The van der Waals surface area contributed by atoms with Crippen LogP contribution in [0.15, 0.2) is 41.4 Å². The second-order valence-electron chi connectivity index (χ2n) is 5.96. The molecule has 0 radical (unpaired) electrons. The van der Waals surface area contributed by atoms with Crippen LogP contribution in [0.5, 0.6) is 0 Å². The van der Waals surface area contributed by atoms with Gasteiger partial charge in [0.15, 0.2) is 6.29 Å². The van der Waals surface area contributed by atoms with Crippen molar-refractivity contribution in [2.45, 2.75) is 24.8 Å². The summed E-state index contributed by atoms with van der Waals surface area (Å²) in [5, 5.41) is 6.78. The molecule has 4 nitrogen and oxygen atoms in total. The van der Waals surface area contributed by atoms with Crippen LogP contribution < -0.4 is 10.7 Å². The summed E-state index contributed by atoms with van der Waals surface area (Å²) >= 11 is 18.7. The van der Waals surface area contributed by atoms with E-state index in [2.05, 4.69) is 15.7 Å². The molecule has 0 aromatic heterocycles. The fourth-order valence-electron chi connectivity index (χ4n) is 3.37. The molecule has 2 aliphatic heterocycles. The zero-order valence-electron chi connectivity index (χ0n) is 12.9. The minimum atomic E-state index is -0.342. The molecule has 0 aliphatic carbocycles. The van der Waals surface area contributed by atoms with E-state index in [1.54, 1.807) is 30.6 Å². The van der Waals surface area contributed by atoms with Crippen LogP contribution in [0.1, 0.15) is 29.6 Å². The fraction of sp³-hybridized carbons (Fsp3) is 0.235. The second kappa shape index (κ2) is 6.74. The van der Waals surface area contributed by atoms with Crippen molar-refractivity contribution in [3.63, 3.8) is 0 Å². The molecule has 1 saturated heterocycles. The number of nitrogens with one attached hydrogen (secondary N) is 2. The van der Waals surface area contributed by atoms with Crippen LogP contribution in [-0.2, 0) is 0 Å². The summed E-state index contributed by atoms with van der Waals surface area (Å²) in [5.41, 5.74) is 4.40. The molecule has 0 spiro atoms. The Balaban J connectivity index is 1.74. The maximum absolute atomic E-state index is 14.5. The van der Waals surface area contributed by atoms with E-state index < -0.39 is 0 Å². The number of aliphatic imine (C=N–C) groups is 1. The Kier molecular flexibility index (Phi) is 4.60. The molecule has 25 heavy (non-hydrogen) atoms. The quantitative estimate of drug-likeness (QED) is 0.769. The number of halogens is 4. The number of hydrogen-bond donors (Lipinski definition) is 2. The van der Waals surface area contributed by atoms with E-state index >= 15 is 0 Å². The third-order valence-electron chi connectivity index (χ3n) is 4.50. The van der Waals surface area contributed by atoms with Gasteiger partial charge in [-0.25, -0.2) is 9.38 Å². The molecule has 2 N–H and O–H groups in total. The Morgan fingerprint density at radius 2 is 1.96 bits per heavy atom. The Morgan fingerprint density at radius 1 is 1.12 bits per heavy atom. The zero-order valence-corrected chi connectivity index (χ0v) is 15.2. The summed E-state index contributed by atoms with van der Waals surface area (Å²) in [4.78, 5) is 4.36. The molecule has 130 valence electrons. The lowest BCUT2D eigenvalue weighted by atomic mass is 9.92. The van der Waals surface area contributed by atoms with E-state index in [9.17, 15) is 4.39 Å². The standard InChI is InChI=1S/C17H14Cl3FN4/c18-9-4-5-10(12(20)6-9)14-7-15(25-17(24-14)22-8-23-25)16-11(19)2-1-3-13(16)21/h1-6,8,14-15,17,24H,7H2,(H,22,23)/t14-,15?,17-/m0/s1. The van der Waals surface area contributed by atoms with Crippen molar-refractivity contribution >= 4 is 41.1 Å². The fourth-order valence-corrected chi connectivity index (χ4v) is 4.20. The molecule has 0 saturated carbocycles. The summed E-state index contributed by atoms with van der Waals surface area (Å²) in [6.07, 6.45) is 1.81. The molecule has 8 heteroatoms. The second-order valence-corrected chi connectivity index (χ2v) is 7.21. The predicted octanol–water partition coefficient (Wildman–Crippen LogP) is 4.69. The van der Waals surface area contributed by atoms with Crippen molar-refractivity contribution in [1.29, 1.82) is 0 Å². The van der Waals surface area contributed by atoms with Crippen LogP contribution in [0.2, 0.25) is 15.1 Å². The van der Waals surface area contributed by atoms with E-state index in [0.29, 0.717) is 27.1 Å². The van der Waals surface area contributed by atoms with Gasteiger partial charge in [0, 0.05) is 26.7 Å². The predicted molar refractivity (Wildman–Crippen MR) is 98.4 cm³/mol. The van der Waals surface area contributed by atoms with E-state index in [1.165, 1.54) is 6.07 Å². The van der Waals surface area contributed by atoms with Crippen molar-refractivity contribution in [3.05, 3.63) is 68.4 Å². The molecule has 0 bridgehead atoms. The SMILES string of the molecule is Fc1cccc(Cl)c1C1C[C@@H](c2ccc(Cl)cc2Cl)N[C@@H]2N=CNN12. The molecule has 1 fully saturated rings. The number of benzene rings is 2. The average molecular weight is 400 g/mol. The largest absolute Gasteiger partial charge is 0.306 e. The first-order chi connectivity index (χ1) is 12.0. The highest BCUT2D eigenvalue weighted by Crippen LogP contribution is 2.42. The molecule has 2 aromatic carbocycles. The molecule has 3 atom stereocenters. The Labute approximate surface area is 159 Å². The van der Waals surface area contributed by atoms with Crippen LogP contribution in [0.3, 0.4) is 0 Å². The number of hydrogen-bond acceptors (Lipinski definition) is 4. The normalized spacial score (nSPS) is 25.7. The first-order valence-electron chi connectivity index (χ1n) is 7.75. The molecular weight excluding hydrogens is 386 g/mol. The van der Waals surface area contributed by atoms with E-state index in [1.807, 2.05) is 11.1 Å². The van der Waals surface area contributed by atoms with Crippen molar-refractivity contribution in [1.82, 2.24) is 15.8 Å². The first kappa shape index (κ1) is 17.1. The summed E-state index contributed by atoms with van der Waals surface area (Å²) in [6, 6.07) is 9.65. The summed E-state index contributed by atoms with van der Waals surface area (Å²) in [5.74, 6) is -0.340. The van der Waals surface area contributed by atoms with E-state index in [0.717, 1.165) is 5.56 Å². The van der Waals surface area contributed by atoms with Gasteiger partial charge in [-0.15, -0.1) is 0 Å². The van der Waals surface area contributed by atoms with Gasteiger partial charge >= 0.3 is 0 Å². The monoisotopic (exact) mass is 398 g/mol. The highest BCUT2D eigenvalue weighted by Gasteiger charge is 2.40. The smallest absolute Gasteiger partial charge is 0.175 e. The molecule has 2 aromatic rings. The minimum Gasteiger partial charge on any atom is -0.306 e. The van der Waals surface area contributed by atoms with Crippen molar-refractivity contribution < 1.29 is 4.39 Å². The molecule has 2 heterocycles. The van der Waals surface area contributed by atoms with E-state index in [-0.39, 0.29) is 24.2 Å². The lowest BCUT2D eigenvalue weighted by Crippen LogP contribution is -2.54. The highest BCUT2D eigenvalue weighted by molar-refractivity contribution is 6.35. The minimum absolute atomic E-state index is 0.122. The third kappa shape index (κ3) is 3.11. The van der Waals surface area contributed by atoms with E-state index in [4.69, 9.17) is 34.8 Å². The number of hydrazine groups is 1. The van der Waals surface area contributed by atoms with Crippen LogP contribution >= 0.6 is 34.8 Å². The van der Waals surface area contributed by atoms with Gasteiger partial charge in [-0.3, -0.25) is 5.32 Å². The van der Waals surface area contributed by atoms with Gasteiger partial charge < -0.3 is 5.43 Å². The zero-order chi connectivity index (χ0) is 17.6. The summed E-state index contributed by atoms with van der Waals surface area (Å²) < 4.78 is 14.5. The van der Waals surface area contributed by atoms with Gasteiger partial charge in [-0.05, 0) is 36.2 Å². The number of fused-ring (bicyclic) bond motifs is 1. The molecule has 2 aliphatic rings. The molecule has 0 amide bonds. The molecule has 1 unspecified atom stereocenters. The van der Waals surface area contributed by atoms with Gasteiger partial charge in [0.05, 0.1) is 6.04 Å². The number of nitrogens with zero attached hydrogens (tertiary/aromatic N) is 2. The third-order valence-corrected chi connectivity index (χ3v) is 5.39. The highest BCUT2D eigenvalue weighted by atomic mass is 35.5. The van der Waals surface area contributed by atoms with Gasteiger partial charge in [0.2, 0.25) is 0 Å². The summed E-state index contributed by atoms with van der Waals surface area (Å²) in [6.45, 7) is 0. The number of rotatable bonds is 2. The molecule has 4 rings (SSSR count). The van der Waals surface area contributed by atoms with Gasteiger partial charge in [0.1, 0.15) is 12.2 Å². The van der Waals surface area contributed by atoms with Gasteiger partial charge in [-0.1, -0.05) is 46.9 Å². The average Bonchev–Trinajstić information content (AvgIpc) is 3.03. The maximum atomic E-state index is 14.5. The Morgan fingerprint density at radius 3 is 2.72 bits per heavy atom. The lowest BCUT2D eigenvalue weighted by molar-refractivity contribution is 0.0381. The van der Waals surface area contributed by atoms with Crippen molar-refractivity contribution in [2.24, 2.45) is 4.99 Å². The lowest BCUT2D eigenvalue weighted by Gasteiger charge is -2.41. The molecular formula is C17H14Cl3FN4. The van der Waals surface area contributed by atoms with Crippen LogP contribution in [-0.4, -0.2) is 17.6 Å². The van der Waals surface area contributed by atoms with Crippen LogP contribution in [0, 0.1) is 5.82 Å². The Hall–Kier alpha value is -1.37.